The number of aromatic nitrogens is 3. The van der Waals surface area contributed by atoms with Gasteiger partial charge in [0.1, 0.15) is 5.82 Å². The maximum atomic E-state index is 12.6. The number of rotatable bonds is 5. The topological polar surface area (TPSA) is 103 Å². The van der Waals surface area contributed by atoms with E-state index in [1.807, 2.05) is 4.90 Å². The number of likely N-dealkylation sites (tertiary alicyclic amines) is 1. The highest BCUT2D eigenvalue weighted by Gasteiger charge is 2.35. The Kier molecular flexibility index (Phi) is 4.74. The first kappa shape index (κ1) is 18.4. The van der Waals surface area contributed by atoms with Crippen LogP contribution in [0.15, 0.2) is 29.1 Å². The molecule has 0 unspecified atom stereocenters. The minimum absolute atomic E-state index is 0.0188. The average molecular weight is 385 g/mol. The molecule has 1 aliphatic carbocycles. The molecule has 1 aromatic carbocycles. The van der Waals surface area contributed by atoms with Gasteiger partial charge in [-0.15, -0.1) is 0 Å². The van der Waals surface area contributed by atoms with E-state index >= 15 is 0 Å². The van der Waals surface area contributed by atoms with Crippen molar-refractivity contribution in [3.05, 3.63) is 56.3 Å². The first-order valence-corrected chi connectivity index (χ1v) is 9.60. The molecule has 2 aliphatic rings. The predicted molar refractivity (Wildman–Crippen MR) is 101 cm³/mol. The molecule has 0 bridgehead atoms. The number of hydrogen-bond acceptors (Lipinski definition) is 5. The highest BCUT2D eigenvalue weighted by Crippen LogP contribution is 2.33. The number of nitro groups is 1. The van der Waals surface area contributed by atoms with Gasteiger partial charge < -0.3 is 4.90 Å². The molecule has 2 fully saturated rings. The average Bonchev–Trinajstić information content (AvgIpc) is 3.51. The Bertz CT molecular complexity index is 950. The molecular formula is C19H23N5O4. The van der Waals surface area contributed by atoms with Crippen LogP contribution in [0.25, 0.3) is 0 Å². The van der Waals surface area contributed by atoms with Crippen molar-refractivity contribution >= 4 is 11.6 Å². The van der Waals surface area contributed by atoms with E-state index in [-0.39, 0.29) is 35.7 Å². The van der Waals surface area contributed by atoms with Gasteiger partial charge in [0.15, 0.2) is 0 Å². The fourth-order valence-corrected chi connectivity index (χ4v) is 3.81. The Morgan fingerprint density at radius 1 is 1.18 bits per heavy atom. The van der Waals surface area contributed by atoms with E-state index in [2.05, 4.69) is 5.10 Å². The third-order valence-electron chi connectivity index (χ3n) is 5.65. The Morgan fingerprint density at radius 2 is 1.82 bits per heavy atom. The van der Waals surface area contributed by atoms with Crippen LogP contribution in [0.5, 0.6) is 0 Å². The third kappa shape index (κ3) is 3.56. The van der Waals surface area contributed by atoms with E-state index in [1.54, 1.807) is 23.7 Å². The Labute approximate surface area is 161 Å². The molecule has 0 N–H and O–H groups in total. The largest absolute Gasteiger partial charge is 0.345 e. The minimum atomic E-state index is -0.449. The first-order valence-electron chi connectivity index (χ1n) is 9.60. The van der Waals surface area contributed by atoms with Crippen LogP contribution in [0.3, 0.4) is 0 Å². The minimum Gasteiger partial charge on any atom is -0.342 e. The molecule has 4 rings (SSSR count). The Morgan fingerprint density at radius 3 is 2.39 bits per heavy atom. The zero-order valence-electron chi connectivity index (χ0n) is 15.8. The van der Waals surface area contributed by atoms with Crippen molar-refractivity contribution in [2.75, 3.05) is 13.1 Å². The molecule has 0 spiro atoms. The van der Waals surface area contributed by atoms with Gasteiger partial charge in [-0.25, -0.2) is 9.48 Å². The predicted octanol–water partition coefficient (Wildman–Crippen LogP) is 1.65. The smallest absolute Gasteiger partial charge is 0.342 e. The number of nitrogens with zero attached hydrogens (tertiary/aromatic N) is 5. The van der Waals surface area contributed by atoms with Crippen LogP contribution in [0.4, 0.5) is 5.69 Å². The number of non-ortho nitro benzene ring substituents is 1. The van der Waals surface area contributed by atoms with Crippen molar-refractivity contribution in [2.24, 2.45) is 13.0 Å². The molecule has 0 radical (unpaired) electrons. The van der Waals surface area contributed by atoms with Gasteiger partial charge >= 0.3 is 5.69 Å². The van der Waals surface area contributed by atoms with Crippen LogP contribution in [-0.4, -0.2) is 43.2 Å². The van der Waals surface area contributed by atoms with Gasteiger partial charge in [0.2, 0.25) is 5.91 Å². The fraction of sp³-hybridized carbons (Fsp3) is 0.526. The van der Waals surface area contributed by atoms with E-state index in [1.165, 1.54) is 16.8 Å². The van der Waals surface area contributed by atoms with E-state index in [0.29, 0.717) is 13.1 Å². The van der Waals surface area contributed by atoms with E-state index in [9.17, 15) is 19.7 Å². The van der Waals surface area contributed by atoms with Crippen LogP contribution >= 0.6 is 0 Å². The summed E-state index contributed by atoms with van der Waals surface area (Å²) in [7, 11) is 1.72. The second kappa shape index (κ2) is 7.21. The monoisotopic (exact) mass is 385 g/mol. The molecule has 1 aromatic heterocycles. The second-order valence-electron chi connectivity index (χ2n) is 7.65. The Hall–Kier alpha value is -2.97. The van der Waals surface area contributed by atoms with Gasteiger partial charge in [-0.2, -0.15) is 5.10 Å². The molecule has 1 saturated carbocycles. The van der Waals surface area contributed by atoms with Crippen molar-refractivity contribution in [1.82, 2.24) is 19.2 Å². The Balaban J connectivity index is 1.45. The zero-order chi connectivity index (χ0) is 19.8. The maximum absolute atomic E-state index is 12.6. The van der Waals surface area contributed by atoms with Crippen molar-refractivity contribution < 1.29 is 9.72 Å². The normalized spacial score (nSPS) is 17.7. The number of nitro benzene ring substituents is 1. The molecule has 1 amide bonds. The van der Waals surface area contributed by atoms with Gasteiger partial charge in [-0.1, -0.05) is 12.1 Å². The molecule has 2 heterocycles. The van der Waals surface area contributed by atoms with Crippen LogP contribution < -0.4 is 5.69 Å². The summed E-state index contributed by atoms with van der Waals surface area (Å²) in [5.74, 6) is 1.40. The van der Waals surface area contributed by atoms with Crippen LogP contribution in [-0.2, 0) is 18.4 Å². The number of piperidine rings is 1. The van der Waals surface area contributed by atoms with E-state index in [4.69, 9.17) is 0 Å². The van der Waals surface area contributed by atoms with Crippen molar-refractivity contribution in [3.8, 4) is 0 Å². The molecule has 9 nitrogen and oxygen atoms in total. The maximum Gasteiger partial charge on any atom is 0.345 e. The lowest BCUT2D eigenvalue weighted by Crippen LogP contribution is -2.39. The molecule has 28 heavy (non-hydrogen) atoms. The summed E-state index contributed by atoms with van der Waals surface area (Å²) >= 11 is 0. The third-order valence-corrected chi connectivity index (χ3v) is 5.65. The SMILES string of the molecule is Cn1c(C2CCN(C(=O)C3CC3)CC2)nn(Cc2ccc([N+](=O)[O-])cc2)c1=O. The lowest BCUT2D eigenvalue weighted by atomic mass is 9.95. The van der Waals surface area contributed by atoms with Gasteiger partial charge in [0.05, 0.1) is 11.5 Å². The highest BCUT2D eigenvalue weighted by atomic mass is 16.6. The molecule has 148 valence electrons. The van der Waals surface area contributed by atoms with Gasteiger partial charge in [0.25, 0.3) is 5.69 Å². The van der Waals surface area contributed by atoms with Crippen molar-refractivity contribution in [2.45, 2.75) is 38.1 Å². The van der Waals surface area contributed by atoms with Gasteiger partial charge in [-0.3, -0.25) is 19.5 Å². The number of hydrogen-bond donors (Lipinski definition) is 0. The quantitative estimate of drug-likeness (QED) is 0.575. The molecule has 9 heteroatoms. The molecule has 0 atom stereocenters. The fourth-order valence-electron chi connectivity index (χ4n) is 3.81. The molecule has 2 aromatic rings. The van der Waals surface area contributed by atoms with Crippen molar-refractivity contribution in [1.29, 1.82) is 0 Å². The van der Waals surface area contributed by atoms with E-state index in [0.717, 1.165) is 37.1 Å². The van der Waals surface area contributed by atoms with Gasteiger partial charge in [0, 0.05) is 44.1 Å². The number of carbonyl (C=O) groups is 1. The molecule has 1 saturated heterocycles. The number of amides is 1. The summed E-state index contributed by atoms with van der Waals surface area (Å²) in [5, 5.41) is 15.3. The summed E-state index contributed by atoms with van der Waals surface area (Å²) in [4.78, 5) is 37.0. The summed E-state index contributed by atoms with van der Waals surface area (Å²) < 4.78 is 2.98. The number of benzene rings is 1. The summed E-state index contributed by atoms with van der Waals surface area (Å²) in [6.07, 6.45) is 3.64. The second-order valence-corrected chi connectivity index (χ2v) is 7.65. The summed E-state index contributed by atoms with van der Waals surface area (Å²) in [6.45, 7) is 1.69. The summed E-state index contributed by atoms with van der Waals surface area (Å²) in [5.41, 5.74) is 0.595. The molecule has 1 aliphatic heterocycles. The van der Waals surface area contributed by atoms with Crippen LogP contribution in [0.2, 0.25) is 0 Å². The highest BCUT2D eigenvalue weighted by molar-refractivity contribution is 5.81. The van der Waals surface area contributed by atoms with Crippen LogP contribution in [0, 0.1) is 16.0 Å². The first-order chi connectivity index (χ1) is 13.4. The lowest BCUT2D eigenvalue weighted by molar-refractivity contribution is -0.384. The van der Waals surface area contributed by atoms with Crippen LogP contribution in [0.1, 0.15) is 43.0 Å². The van der Waals surface area contributed by atoms with Gasteiger partial charge in [-0.05, 0) is 31.2 Å². The standard InChI is InChI=1S/C19H23N5O4/c1-21-17(14-8-10-22(11-9-14)18(25)15-4-5-15)20-23(19(21)26)12-13-2-6-16(7-3-13)24(27)28/h2-3,6-7,14-15H,4-5,8-12H2,1H3. The number of carbonyl (C=O) groups excluding carboxylic acids is 1. The van der Waals surface area contributed by atoms with Crippen molar-refractivity contribution in [3.63, 3.8) is 0 Å². The zero-order valence-corrected chi connectivity index (χ0v) is 15.8. The lowest BCUT2D eigenvalue weighted by Gasteiger charge is -2.31. The van der Waals surface area contributed by atoms with E-state index < -0.39 is 4.92 Å². The summed E-state index contributed by atoms with van der Waals surface area (Å²) in [6, 6.07) is 6.13. The molecular weight excluding hydrogens is 362 g/mol.